The average molecular weight is 189 g/mol. The van der Waals surface area contributed by atoms with E-state index in [2.05, 4.69) is 0 Å². The van der Waals surface area contributed by atoms with Crippen molar-refractivity contribution in [1.29, 1.82) is 5.26 Å². The molecule has 0 heterocycles. The molecule has 70 valence electrons. The van der Waals surface area contributed by atoms with Crippen LogP contribution in [0.1, 0.15) is 27.2 Å². The van der Waals surface area contributed by atoms with Gasteiger partial charge in [-0.25, -0.2) is 8.42 Å². The Morgan fingerprint density at radius 1 is 1.42 bits per heavy atom. The molecule has 2 unspecified atom stereocenters. The smallest absolute Gasteiger partial charge is 0.166 e. The van der Waals surface area contributed by atoms with E-state index >= 15 is 0 Å². The lowest BCUT2D eigenvalue weighted by atomic mass is 10.2. The van der Waals surface area contributed by atoms with Gasteiger partial charge in [0.15, 0.2) is 9.84 Å². The molecule has 0 aliphatic rings. The second-order valence-electron chi connectivity index (χ2n) is 3.11. The summed E-state index contributed by atoms with van der Waals surface area (Å²) in [5, 5.41) is 7.56. The van der Waals surface area contributed by atoms with Gasteiger partial charge < -0.3 is 0 Å². The van der Waals surface area contributed by atoms with E-state index in [9.17, 15) is 8.42 Å². The van der Waals surface area contributed by atoms with Crippen molar-refractivity contribution in [3.8, 4) is 6.07 Å². The maximum atomic E-state index is 11.3. The highest BCUT2D eigenvalue weighted by atomic mass is 32.2. The molecule has 0 spiro atoms. The molecule has 0 fully saturated rings. The molecule has 0 N–H and O–H groups in total. The van der Waals surface area contributed by atoms with Gasteiger partial charge in [0.05, 0.1) is 11.8 Å². The van der Waals surface area contributed by atoms with E-state index in [1.807, 2.05) is 13.8 Å². The SMILES string of the molecule is CCC(C)CS(=O)(=O)C(C)C#N. The van der Waals surface area contributed by atoms with E-state index in [0.717, 1.165) is 6.42 Å². The highest BCUT2D eigenvalue weighted by molar-refractivity contribution is 7.92. The van der Waals surface area contributed by atoms with Crippen LogP contribution in [0.25, 0.3) is 0 Å². The largest absolute Gasteiger partial charge is 0.227 e. The minimum Gasteiger partial charge on any atom is -0.227 e. The van der Waals surface area contributed by atoms with Crippen LogP contribution in [-0.2, 0) is 9.84 Å². The normalized spacial score (nSPS) is 16.5. The number of hydrogen-bond acceptors (Lipinski definition) is 3. The van der Waals surface area contributed by atoms with Gasteiger partial charge in [-0.15, -0.1) is 0 Å². The van der Waals surface area contributed by atoms with Crippen molar-refractivity contribution in [3.05, 3.63) is 0 Å². The predicted molar refractivity (Wildman–Crippen MR) is 48.3 cm³/mol. The molecule has 0 aromatic carbocycles. The number of rotatable bonds is 4. The summed E-state index contributed by atoms with van der Waals surface area (Å²) in [5.41, 5.74) is 0. The summed E-state index contributed by atoms with van der Waals surface area (Å²) in [4.78, 5) is 0. The molecule has 0 saturated carbocycles. The van der Waals surface area contributed by atoms with Crippen molar-refractivity contribution in [3.63, 3.8) is 0 Å². The first-order valence-corrected chi connectivity index (χ1v) is 5.76. The summed E-state index contributed by atoms with van der Waals surface area (Å²) in [6.07, 6.45) is 0.831. The van der Waals surface area contributed by atoms with E-state index in [4.69, 9.17) is 5.26 Å². The Kier molecular flexibility index (Phi) is 4.25. The maximum absolute atomic E-state index is 11.3. The van der Waals surface area contributed by atoms with E-state index in [-0.39, 0.29) is 11.7 Å². The Morgan fingerprint density at radius 2 is 1.92 bits per heavy atom. The number of nitriles is 1. The van der Waals surface area contributed by atoms with Crippen LogP contribution in [0.5, 0.6) is 0 Å². The first-order valence-electron chi connectivity index (χ1n) is 4.05. The van der Waals surface area contributed by atoms with Crippen molar-refractivity contribution in [2.24, 2.45) is 5.92 Å². The van der Waals surface area contributed by atoms with Crippen LogP contribution >= 0.6 is 0 Å². The van der Waals surface area contributed by atoms with Crippen molar-refractivity contribution in [2.45, 2.75) is 32.4 Å². The molecule has 0 aliphatic carbocycles. The number of nitrogens with zero attached hydrogens (tertiary/aromatic N) is 1. The third-order valence-electron chi connectivity index (χ3n) is 1.93. The molecular formula is C8H15NO2S. The fourth-order valence-corrected chi connectivity index (χ4v) is 2.22. The van der Waals surface area contributed by atoms with Gasteiger partial charge in [0.2, 0.25) is 0 Å². The lowest BCUT2D eigenvalue weighted by molar-refractivity contribution is 0.561. The molecule has 0 aromatic rings. The van der Waals surface area contributed by atoms with E-state index in [0.29, 0.717) is 0 Å². The Hall–Kier alpha value is -0.560. The predicted octanol–water partition coefficient (Wildman–Crippen LogP) is 1.36. The highest BCUT2D eigenvalue weighted by Gasteiger charge is 2.22. The van der Waals surface area contributed by atoms with E-state index < -0.39 is 15.1 Å². The zero-order chi connectivity index (χ0) is 9.78. The molecule has 12 heavy (non-hydrogen) atoms. The van der Waals surface area contributed by atoms with Crippen LogP contribution in [0, 0.1) is 17.2 Å². The number of sulfone groups is 1. The molecule has 0 aliphatic heterocycles. The topological polar surface area (TPSA) is 57.9 Å². The van der Waals surface area contributed by atoms with Crippen molar-refractivity contribution in [1.82, 2.24) is 0 Å². The fraction of sp³-hybridized carbons (Fsp3) is 0.875. The second-order valence-corrected chi connectivity index (χ2v) is 5.48. The first kappa shape index (κ1) is 11.4. The monoisotopic (exact) mass is 189 g/mol. The van der Waals surface area contributed by atoms with Crippen LogP contribution < -0.4 is 0 Å². The summed E-state index contributed by atoms with van der Waals surface area (Å²) >= 11 is 0. The summed E-state index contributed by atoms with van der Waals surface area (Å²) in [6, 6.07) is 1.75. The second kappa shape index (κ2) is 4.46. The molecule has 2 atom stereocenters. The molecule has 0 aromatic heterocycles. The van der Waals surface area contributed by atoms with Gasteiger partial charge in [-0.1, -0.05) is 20.3 Å². The fourth-order valence-electron chi connectivity index (χ4n) is 0.739. The summed E-state index contributed by atoms with van der Waals surface area (Å²) < 4.78 is 22.6. The Bertz CT molecular complexity index is 263. The van der Waals surface area contributed by atoms with Gasteiger partial charge in [0, 0.05) is 0 Å². The zero-order valence-electron chi connectivity index (χ0n) is 7.74. The maximum Gasteiger partial charge on any atom is 0.166 e. The van der Waals surface area contributed by atoms with Crippen LogP contribution in [0.4, 0.5) is 0 Å². The van der Waals surface area contributed by atoms with E-state index in [1.165, 1.54) is 6.92 Å². The average Bonchev–Trinajstić information content (AvgIpc) is 2.02. The van der Waals surface area contributed by atoms with Gasteiger partial charge in [-0.05, 0) is 12.8 Å². The summed E-state index contributed by atoms with van der Waals surface area (Å²) in [5.74, 6) is 0.267. The first-order chi connectivity index (χ1) is 5.44. The lowest BCUT2D eigenvalue weighted by Gasteiger charge is -2.09. The van der Waals surface area contributed by atoms with E-state index in [1.54, 1.807) is 6.07 Å². The third kappa shape index (κ3) is 3.22. The van der Waals surface area contributed by atoms with Crippen LogP contribution in [0.2, 0.25) is 0 Å². The molecule has 4 heteroatoms. The third-order valence-corrected chi connectivity index (χ3v) is 4.15. The summed E-state index contributed by atoms with van der Waals surface area (Å²) in [7, 11) is -3.18. The standard InChI is InChI=1S/C8H15NO2S/c1-4-7(2)6-12(10,11)8(3)5-9/h7-8H,4,6H2,1-3H3. The van der Waals surface area contributed by atoms with Crippen LogP contribution in [-0.4, -0.2) is 19.4 Å². The van der Waals surface area contributed by atoms with Gasteiger partial charge >= 0.3 is 0 Å². The Labute approximate surface area is 74.3 Å². The minimum atomic E-state index is -3.18. The molecule has 0 saturated heterocycles. The molecule has 0 bridgehead atoms. The number of hydrogen-bond donors (Lipinski definition) is 0. The van der Waals surface area contributed by atoms with Crippen molar-refractivity contribution < 1.29 is 8.42 Å². The van der Waals surface area contributed by atoms with Crippen LogP contribution in [0.15, 0.2) is 0 Å². The quantitative estimate of drug-likeness (QED) is 0.671. The van der Waals surface area contributed by atoms with Gasteiger partial charge in [0.1, 0.15) is 5.25 Å². The van der Waals surface area contributed by atoms with Crippen LogP contribution in [0.3, 0.4) is 0 Å². The van der Waals surface area contributed by atoms with Crippen molar-refractivity contribution >= 4 is 9.84 Å². The Balaban J connectivity index is 4.36. The lowest BCUT2D eigenvalue weighted by Crippen LogP contribution is -2.22. The van der Waals surface area contributed by atoms with Gasteiger partial charge in [-0.3, -0.25) is 0 Å². The van der Waals surface area contributed by atoms with Gasteiger partial charge in [-0.2, -0.15) is 5.26 Å². The van der Waals surface area contributed by atoms with Gasteiger partial charge in [0.25, 0.3) is 0 Å². The molecular weight excluding hydrogens is 174 g/mol. The molecule has 0 radical (unpaired) electrons. The molecule has 0 rings (SSSR count). The minimum absolute atomic E-state index is 0.123. The highest BCUT2D eigenvalue weighted by Crippen LogP contribution is 2.09. The summed E-state index contributed by atoms with van der Waals surface area (Å²) in [6.45, 7) is 5.25. The zero-order valence-corrected chi connectivity index (χ0v) is 8.56. The van der Waals surface area contributed by atoms with Crippen molar-refractivity contribution in [2.75, 3.05) is 5.75 Å². The molecule has 0 amide bonds. The molecule has 3 nitrogen and oxygen atoms in total. The Morgan fingerprint density at radius 3 is 2.25 bits per heavy atom.